The number of hydrogen-bond acceptors (Lipinski definition) is 6. The molecule has 0 spiro atoms. The van der Waals surface area contributed by atoms with Crippen molar-refractivity contribution in [1.82, 2.24) is 0 Å². The molecule has 0 bridgehead atoms. The van der Waals surface area contributed by atoms with Crippen molar-refractivity contribution >= 4 is 27.5 Å². The fraction of sp³-hybridized carbons (Fsp3) is 0.364. The van der Waals surface area contributed by atoms with E-state index in [0.29, 0.717) is 30.5 Å². The molecule has 5 rings (SSSR count). The third kappa shape index (κ3) is 6.36. The van der Waals surface area contributed by atoms with E-state index in [-0.39, 0.29) is 17.1 Å². The smallest absolute Gasteiger partial charge is 0.317 e. The molecule has 3 aromatic carbocycles. The summed E-state index contributed by atoms with van der Waals surface area (Å²) in [6.45, 7) is 2.04. The first kappa shape index (κ1) is 28.6. The van der Waals surface area contributed by atoms with Crippen LogP contribution >= 0.6 is 0 Å². The van der Waals surface area contributed by atoms with Crippen LogP contribution in [0.25, 0.3) is 0 Å². The van der Waals surface area contributed by atoms with Crippen molar-refractivity contribution in [3.05, 3.63) is 95.6 Å². The lowest BCUT2D eigenvalue weighted by Gasteiger charge is -2.41. The highest BCUT2D eigenvalue weighted by molar-refractivity contribution is 7.92. The van der Waals surface area contributed by atoms with Gasteiger partial charge in [-0.2, -0.15) is 5.26 Å². The fourth-order valence-electron chi connectivity index (χ4n) is 6.13. The van der Waals surface area contributed by atoms with Crippen molar-refractivity contribution in [2.24, 2.45) is 11.3 Å². The Morgan fingerprint density at radius 3 is 2.29 bits per heavy atom. The number of nitrogens with zero attached hydrogens (tertiary/aromatic N) is 1. The maximum Gasteiger partial charge on any atom is 0.317 e. The summed E-state index contributed by atoms with van der Waals surface area (Å²) >= 11 is 0. The highest BCUT2D eigenvalue weighted by Crippen LogP contribution is 2.57. The van der Waals surface area contributed by atoms with Crippen LogP contribution in [-0.4, -0.2) is 25.8 Å². The number of sulfonamides is 1. The van der Waals surface area contributed by atoms with Gasteiger partial charge in [0, 0.05) is 12.1 Å². The minimum absolute atomic E-state index is 0.0436. The number of carbonyl (C=O) groups is 2. The van der Waals surface area contributed by atoms with E-state index < -0.39 is 32.9 Å². The molecular weight excluding hydrogens is 536 g/mol. The van der Waals surface area contributed by atoms with Crippen LogP contribution in [-0.2, 0) is 37.2 Å². The van der Waals surface area contributed by atoms with Gasteiger partial charge in [-0.1, -0.05) is 55.8 Å². The first-order valence-corrected chi connectivity index (χ1v) is 15.6. The number of esters is 1. The molecule has 2 unspecified atom stereocenters. The second-order valence-electron chi connectivity index (χ2n) is 11.4. The monoisotopic (exact) mass is 570 g/mol. The van der Waals surface area contributed by atoms with Gasteiger partial charge in [-0.05, 0) is 91.5 Å². The maximum atomic E-state index is 13.6. The standard InChI is InChI=1S/C33H34N2O5S/c1-2-16-33(17-15-24-7-4-3-5-8-24)22-29(36)30(31(37)40-33)32(18-19-32)21-26-9-6-10-27(20-26)35-41(38,39)28-13-11-25(23-34)12-14-28/h3-14,20,30,35H,2,15-19,21-22H2,1H3. The largest absolute Gasteiger partial charge is 0.458 e. The van der Waals surface area contributed by atoms with Gasteiger partial charge in [-0.3, -0.25) is 14.3 Å². The molecule has 1 N–H and O–H groups in total. The van der Waals surface area contributed by atoms with Gasteiger partial charge in [-0.25, -0.2) is 8.42 Å². The number of nitrogens with one attached hydrogen (secondary N) is 1. The number of nitriles is 1. The number of Topliss-reactive ketones (excluding diaryl/α,β-unsaturated/α-hetero) is 1. The van der Waals surface area contributed by atoms with Crippen molar-refractivity contribution in [2.75, 3.05) is 4.72 Å². The van der Waals surface area contributed by atoms with Gasteiger partial charge in [0.1, 0.15) is 11.5 Å². The molecule has 1 saturated carbocycles. The number of benzene rings is 3. The normalized spacial score (nSPS) is 21.5. The lowest BCUT2D eigenvalue weighted by molar-refractivity contribution is -0.182. The van der Waals surface area contributed by atoms with Gasteiger partial charge >= 0.3 is 5.97 Å². The zero-order chi connectivity index (χ0) is 29.1. The molecule has 1 heterocycles. The molecule has 2 aliphatic rings. The summed E-state index contributed by atoms with van der Waals surface area (Å²) in [7, 11) is -3.85. The van der Waals surface area contributed by atoms with Gasteiger partial charge in [-0.15, -0.1) is 0 Å². The van der Waals surface area contributed by atoms with Crippen LogP contribution in [0.15, 0.2) is 83.8 Å². The summed E-state index contributed by atoms with van der Waals surface area (Å²) in [6, 6.07) is 24.8. The molecule has 8 heteroatoms. The van der Waals surface area contributed by atoms with Crippen LogP contribution in [0.5, 0.6) is 0 Å². The number of ketones is 1. The third-order valence-corrected chi connectivity index (χ3v) is 9.72. The molecule has 1 aliphatic heterocycles. The van der Waals surface area contributed by atoms with Gasteiger partial charge in [0.25, 0.3) is 10.0 Å². The van der Waals surface area contributed by atoms with E-state index >= 15 is 0 Å². The van der Waals surface area contributed by atoms with Crippen LogP contribution in [0.1, 0.15) is 62.1 Å². The number of hydrogen-bond donors (Lipinski definition) is 1. The van der Waals surface area contributed by atoms with Crippen molar-refractivity contribution < 1.29 is 22.7 Å². The number of rotatable bonds is 11. The molecule has 41 heavy (non-hydrogen) atoms. The quantitative estimate of drug-likeness (QED) is 0.224. The van der Waals surface area contributed by atoms with E-state index in [1.165, 1.54) is 24.3 Å². The summed E-state index contributed by atoms with van der Waals surface area (Å²) in [5.74, 6) is -1.26. The molecule has 3 aromatic rings. The zero-order valence-electron chi connectivity index (χ0n) is 23.1. The zero-order valence-corrected chi connectivity index (χ0v) is 24.0. The molecule has 2 atom stereocenters. The minimum Gasteiger partial charge on any atom is -0.458 e. The van der Waals surface area contributed by atoms with E-state index in [1.807, 2.05) is 49.4 Å². The van der Waals surface area contributed by atoms with Gasteiger partial charge in [0.05, 0.1) is 16.5 Å². The van der Waals surface area contributed by atoms with Crippen molar-refractivity contribution in [1.29, 1.82) is 5.26 Å². The second-order valence-corrected chi connectivity index (χ2v) is 13.1. The summed E-state index contributed by atoms with van der Waals surface area (Å²) in [5, 5.41) is 8.97. The second kappa shape index (κ2) is 11.5. The first-order chi connectivity index (χ1) is 19.7. The number of aryl methyl sites for hydroxylation is 1. The molecule has 212 valence electrons. The Morgan fingerprint density at radius 2 is 1.66 bits per heavy atom. The highest BCUT2D eigenvalue weighted by atomic mass is 32.2. The Labute approximate surface area is 241 Å². The average molecular weight is 571 g/mol. The molecule has 1 saturated heterocycles. The lowest BCUT2D eigenvalue weighted by atomic mass is 9.73. The van der Waals surface area contributed by atoms with E-state index in [4.69, 9.17) is 10.00 Å². The Bertz CT molecular complexity index is 1550. The van der Waals surface area contributed by atoms with Gasteiger partial charge < -0.3 is 4.74 Å². The topological polar surface area (TPSA) is 113 Å². The SMILES string of the molecule is CCCC1(CCc2ccccc2)CC(=O)C(C2(Cc3cccc(NS(=O)(=O)c4ccc(C#N)cc4)c3)CC2)C(=O)O1. The third-order valence-electron chi connectivity index (χ3n) is 8.32. The Morgan fingerprint density at radius 1 is 0.951 bits per heavy atom. The maximum absolute atomic E-state index is 13.6. The van der Waals surface area contributed by atoms with Gasteiger partial charge in [0.15, 0.2) is 5.78 Å². The predicted molar refractivity (Wildman–Crippen MR) is 155 cm³/mol. The molecule has 0 amide bonds. The summed E-state index contributed by atoms with van der Waals surface area (Å²) < 4.78 is 34.6. The van der Waals surface area contributed by atoms with Crippen LogP contribution < -0.4 is 4.72 Å². The van der Waals surface area contributed by atoms with E-state index in [1.54, 1.807) is 18.2 Å². The fourth-order valence-corrected chi connectivity index (χ4v) is 7.18. The van der Waals surface area contributed by atoms with Crippen molar-refractivity contribution in [3.8, 4) is 6.07 Å². The molecule has 0 radical (unpaired) electrons. The summed E-state index contributed by atoms with van der Waals surface area (Å²) in [5.41, 5.74) is 1.49. The van der Waals surface area contributed by atoms with Crippen molar-refractivity contribution in [3.63, 3.8) is 0 Å². The Kier molecular flexibility index (Phi) is 8.01. The number of ether oxygens (including phenoxy) is 1. The molecule has 7 nitrogen and oxygen atoms in total. The highest BCUT2D eigenvalue weighted by Gasteiger charge is 2.60. The van der Waals surface area contributed by atoms with E-state index in [2.05, 4.69) is 4.72 Å². The number of carbonyl (C=O) groups excluding carboxylic acids is 2. The molecule has 2 fully saturated rings. The lowest BCUT2D eigenvalue weighted by Crippen LogP contribution is -2.50. The molecule has 0 aromatic heterocycles. The molecule has 1 aliphatic carbocycles. The van der Waals surface area contributed by atoms with E-state index in [9.17, 15) is 18.0 Å². The van der Waals surface area contributed by atoms with E-state index in [0.717, 1.165) is 36.8 Å². The van der Waals surface area contributed by atoms with Crippen molar-refractivity contribution in [2.45, 2.75) is 68.8 Å². The predicted octanol–water partition coefficient (Wildman–Crippen LogP) is 5.99. The van der Waals surface area contributed by atoms with Crippen LogP contribution in [0, 0.1) is 22.7 Å². The Hall–Kier alpha value is -3.96. The summed E-state index contributed by atoms with van der Waals surface area (Å²) in [4.78, 5) is 27.2. The number of cyclic esters (lactones) is 1. The molecular formula is C33H34N2O5S. The number of anilines is 1. The van der Waals surface area contributed by atoms with Crippen LogP contribution in [0.2, 0.25) is 0 Å². The van der Waals surface area contributed by atoms with Gasteiger partial charge in [0.2, 0.25) is 0 Å². The minimum atomic E-state index is -3.85. The first-order valence-electron chi connectivity index (χ1n) is 14.1. The Balaban J connectivity index is 1.29. The van der Waals surface area contributed by atoms with Crippen LogP contribution in [0.3, 0.4) is 0 Å². The average Bonchev–Trinajstić information content (AvgIpc) is 3.72. The van der Waals surface area contributed by atoms with Crippen LogP contribution in [0.4, 0.5) is 5.69 Å². The summed E-state index contributed by atoms with van der Waals surface area (Å²) in [6.07, 6.45) is 5.02.